The molecule has 0 saturated carbocycles. The number of benzene rings is 2. The van der Waals surface area contributed by atoms with Gasteiger partial charge in [0.15, 0.2) is 11.5 Å². The fourth-order valence-electron chi connectivity index (χ4n) is 3.51. The summed E-state index contributed by atoms with van der Waals surface area (Å²) in [6, 6.07) is 13.8. The van der Waals surface area contributed by atoms with Gasteiger partial charge in [0, 0.05) is 6.54 Å². The lowest BCUT2D eigenvalue weighted by Gasteiger charge is -2.38. The Labute approximate surface area is 159 Å². The van der Waals surface area contributed by atoms with Crippen molar-refractivity contribution in [3.63, 3.8) is 0 Å². The molecule has 2 atom stereocenters. The Morgan fingerprint density at radius 3 is 2.85 bits per heavy atom. The molecule has 4 rings (SSSR count). The van der Waals surface area contributed by atoms with Gasteiger partial charge < -0.3 is 24.4 Å². The minimum Gasteiger partial charge on any atom is -0.454 e. The molecule has 2 aromatic carbocycles. The summed E-state index contributed by atoms with van der Waals surface area (Å²) in [5, 5.41) is 3.01. The molecule has 27 heavy (non-hydrogen) atoms. The third-order valence-corrected chi connectivity index (χ3v) is 5.11. The van der Waals surface area contributed by atoms with E-state index in [2.05, 4.69) is 24.4 Å². The first-order chi connectivity index (χ1) is 13.1. The molecule has 0 aliphatic carbocycles. The number of ether oxygens (including phenoxy) is 3. The first-order valence-corrected chi connectivity index (χ1v) is 9.22. The van der Waals surface area contributed by atoms with Crippen LogP contribution in [0, 0.1) is 6.92 Å². The van der Waals surface area contributed by atoms with Gasteiger partial charge in [0.05, 0.1) is 19.2 Å². The zero-order chi connectivity index (χ0) is 18.8. The van der Waals surface area contributed by atoms with E-state index >= 15 is 0 Å². The molecule has 1 fully saturated rings. The first kappa shape index (κ1) is 17.7. The zero-order valence-corrected chi connectivity index (χ0v) is 15.6. The SMILES string of the molecule is Cc1ccccc1[C@H]1CN(C(=O)NCc2ccc3c(c2)OCO3)[C@H](C)CO1. The number of fused-ring (bicyclic) bond motifs is 1. The summed E-state index contributed by atoms with van der Waals surface area (Å²) < 4.78 is 16.7. The van der Waals surface area contributed by atoms with Crippen LogP contribution in [-0.4, -0.2) is 36.9 Å². The maximum absolute atomic E-state index is 12.8. The predicted molar refractivity (Wildman–Crippen MR) is 101 cm³/mol. The Hall–Kier alpha value is -2.73. The van der Waals surface area contributed by atoms with Crippen LogP contribution in [-0.2, 0) is 11.3 Å². The van der Waals surface area contributed by atoms with E-state index in [9.17, 15) is 4.79 Å². The Balaban J connectivity index is 1.40. The topological polar surface area (TPSA) is 60.0 Å². The Morgan fingerprint density at radius 1 is 1.19 bits per heavy atom. The highest BCUT2D eigenvalue weighted by molar-refractivity contribution is 5.74. The van der Waals surface area contributed by atoms with Crippen LogP contribution in [0.25, 0.3) is 0 Å². The molecule has 0 bridgehead atoms. The maximum atomic E-state index is 12.8. The van der Waals surface area contributed by atoms with Crippen LogP contribution < -0.4 is 14.8 Å². The summed E-state index contributed by atoms with van der Waals surface area (Å²) in [6.07, 6.45) is -0.0984. The monoisotopic (exact) mass is 368 g/mol. The number of morpholine rings is 1. The number of hydrogen-bond acceptors (Lipinski definition) is 4. The third-order valence-electron chi connectivity index (χ3n) is 5.11. The van der Waals surface area contributed by atoms with Gasteiger partial charge in [-0.2, -0.15) is 0 Å². The molecule has 0 aromatic heterocycles. The molecule has 0 spiro atoms. The van der Waals surface area contributed by atoms with E-state index in [0.717, 1.165) is 22.6 Å². The van der Waals surface area contributed by atoms with Gasteiger partial charge in [-0.15, -0.1) is 0 Å². The van der Waals surface area contributed by atoms with Crippen molar-refractivity contribution in [2.24, 2.45) is 0 Å². The minimum atomic E-state index is -0.0984. The second-order valence-electron chi connectivity index (χ2n) is 7.03. The van der Waals surface area contributed by atoms with Gasteiger partial charge in [-0.3, -0.25) is 0 Å². The fraction of sp³-hybridized carbons (Fsp3) is 0.381. The number of aryl methyl sites for hydroxylation is 1. The van der Waals surface area contributed by atoms with Crippen molar-refractivity contribution in [2.75, 3.05) is 19.9 Å². The van der Waals surface area contributed by atoms with Crippen molar-refractivity contribution >= 4 is 6.03 Å². The highest BCUT2D eigenvalue weighted by Gasteiger charge is 2.31. The van der Waals surface area contributed by atoms with Gasteiger partial charge in [-0.1, -0.05) is 30.3 Å². The molecular weight excluding hydrogens is 344 g/mol. The number of carbonyl (C=O) groups excluding carboxylic acids is 1. The molecule has 2 aliphatic rings. The molecule has 142 valence electrons. The third kappa shape index (κ3) is 3.71. The van der Waals surface area contributed by atoms with Gasteiger partial charge in [0.25, 0.3) is 0 Å². The average molecular weight is 368 g/mol. The molecule has 0 radical (unpaired) electrons. The number of nitrogens with zero attached hydrogens (tertiary/aromatic N) is 1. The van der Waals surface area contributed by atoms with Gasteiger partial charge in [-0.25, -0.2) is 4.79 Å². The number of rotatable bonds is 3. The van der Waals surface area contributed by atoms with E-state index in [-0.39, 0.29) is 25.0 Å². The van der Waals surface area contributed by atoms with E-state index in [1.165, 1.54) is 5.56 Å². The summed E-state index contributed by atoms with van der Waals surface area (Å²) in [4.78, 5) is 14.6. The van der Waals surface area contributed by atoms with Crippen molar-refractivity contribution in [1.82, 2.24) is 10.2 Å². The van der Waals surface area contributed by atoms with Crippen molar-refractivity contribution in [3.05, 3.63) is 59.2 Å². The van der Waals surface area contributed by atoms with Crippen molar-refractivity contribution in [2.45, 2.75) is 32.5 Å². The highest BCUT2D eigenvalue weighted by atomic mass is 16.7. The summed E-state index contributed by atoms with van der Waals surface area (Å²) in [7, 11) is 0. The molecule has 2 heterocycles. The summed E-state index contributed by atoms with van der Waals surface area (Å²) in [5.41, 5.74) is 3.29. The molecule has 6 nitrogen and oxygen atoms in total. The molecule has 0 unspecified atom stereocenters. The van der Waals surface area contributed by atoms with Crippen molar-refractivity contribution < 1.29 is 19.0 Å². The standard InChI is InChI=1S/C21H24N2O4/c1-14-5-3-4-6-17(14)20-11-23(15(2)12-25-20)21(24)22-10-16-7-8-18-19(9-16)27-13-26-18/h3-9,15,20H,10-13H2,1-2H3,(H,22,24)/t15-,20-/m1/s1. The number of hydrogen-bond donors (Lipinski definition) is 1. The summed E-state index contributed by atoms with van der Waals surface area (Å²) >= 11 is 0. The molecule has 6 heteroatoms. The van der Waals surface area contributed by atoms with E-state index in [0.29, 0.717) is 19.7 Å². The predicted octanol–water partition coefficient (Wildman–Crippen LogP) is 3.40. The number of urea groups is 1. The minimum absolute atomic E-state index is 0.0297. The van der Waals surface area contributed by atoms with Crippen LogP contribution >= 0.6 is 0 Å². The van der Waals surface area contributed by atoms with Gasteiger partial charge in [-0.05, 0) is 42.7 Å². The Morgan fingerprint density at radius 2 is 2.00 bits per heavy atom. The second-order valence-corrected chi connectivity index (χ2v) is 7.03. The molecule has 1 saturated heterocycles. The molecule has 2 aliphatic heterocycles. The number of amides is 2. The summed E-state index contributed by atoms with van der Waals surface area (Å²) in [5.74, 6) is 1.47. The lowest BCUT2D eigenvalue weighted by molar-refractivity contribution is -0.0430. The number of nitrogens with one attached hydrogen (secondary N) is 1. The van der Waals surface area contributed by atoms with E-state index < -0.39 is 0 Å². The van der Waals surface area contributed by atoms with Crippen LogP contribution in [0.5, 0.6) is 11.5 Å². The highest BCUT2D eigenvalue weighted by Crippen LogP contribution is 2.32. The van der Waals surface area contributed by atoms with Gasteiger partial charge in [0.1, 0.15) is 6.10 Å². The van der Waals surface area contributed by atoms with Crippen LogP contribution in [0.2, 0.25) is 0 Å². The lowest BCUT2D eigenvalue weighted by Crippen LogP contribution is -2.51. The van der Waals surface area contributed by atoms with Crippen LogP contribution in [0.4, 0.5) is 4.79 Å². The van der Waals surface area contributed by atoms with Crippen LogP contribution in [0.1, 0.15) is 29.7 Å². The zero-order valence-electron chi connectivity index (χ0n) is 15.6. The molecule has 2 amide bonds. The Kier molecular flexibility index (Phi) is 4.90. The van der Waals surface area contributed by atoms with Crippen molar-refractivity contribution in [3.8, 4) is 11.5 Å². The van der Waals surface area contributed by atoms with Crippen LogP contribution in [0.3, 0.4) is 0 Å². The van der Waals surface area contributed by atoms with Gasteiger partial charge in [0.2, 0.25) is 6.79 Å². The smallest absolute Gasteiger partial charge is 0.318 e. The maximum Gasteiger partial charge on any atom is 0.318 e. The van der Waals surface area contributed by atoms with Crippen LogP contribution in [0.15, 0.2) is 42.5 Å². The Bertz CT molecular complexity index is 839. The van der Waals surface area contributed by atoms with Crippen molar-refractivity contribution in [1.29, 1.82) is 0 Å². The second kappa shape index (κ2) is 7.48. The largest absolute Gasteiger partial charge is 0.454 e. The quantitative estimate of drug-likeness (QED) is 0.902. The number of carbonyl (C=O) groups is 1. The van der Waals surface area contributed by atoms with E-state index in [4.69, 9.17) is 14.2 Å². The van der Waals surface area contributed by atoms with Gasteiger partial charge >= 0.3 is 6.03 Å². The first-order valence-electron chi connectivity index (χ1n) is 9.22. The molecule has 1 N–H and O–H groups in total. The average Bonchev–Trinajstić information content (AvgIpc) is 3.15. The normalized spacial score (nSPS) is 21.2. The molecule has 2 aromatic rings. The van der Waals surface area contributed by atoms with E-state index in [1.807, 2.05) is 42.2 Å². The van der Waals surface area contributed by atoms with E-state index in [1.54, 1.807) is 0 Å². The fourth-order valence-corrected chi connectivity index (χ4v) is 3.51. The molecular formula is C21H24N2O4. The lowest BCUT2D eigenvalue weighted by atomic mass is 10.0. The summed E-state index contributed by atoms with van der Waals surface area (Å²) in [6.45, 7) is 5.83.